The van der Waals surface area contributed by atoms with E-state index in [9.17, 15) is 4.79 Å². The number of nitrogens with one attached hydrogen (secondary N) is 1. The second-order valence-electron chi connectivity index (χ2n) is 7.23. The van der Waals surface area contributed by atoms with E-state index in [1.54, 1.807) is 11.3 Å². The summed E-state index contributed by atoms with van der Waals surface area (Å²) in [6, 6.07) is 12.2. The Bertz CT molecular complexity index is 975. The molecular formula is C22H24N4OS2. The monoisotopic (exact) mass is 424 g/mol. The van der Waals surface area contributed by atoms with Crippen molar-refractivity contribution in [1.29, 1.82) is 0 Å². The number of amides is 1. The van der Waals surface area contributed by atoms with Gasteiger partial charge in [-0.25, -0.2) is 0 Å². The molecular weight excluding hydrogens is 400 g/mol. The number of rotatable bonds is 9. The molecule has 0 aliphatic heterocycles. The van der Waals surface area contributed by atoms with Gasteiger partial charge in [-0.3, -0.25) is 4.79 Å². The van der Waals surface area contributed by atoms with Gasteiger partial charge in [0.05, 0.1) is 11.8 Å². The molecule has 1 aliphatic carbocycles. The van der Waals surface area contributed by atoms with Crippen molar-refractivity contribution in [3.05, 3.63) is 76.3 Å². The van der Waals surface area contributed by atoms with E-state index < -0.39 is 0 Å². The minimum absolute atomic E-state index is 0.0184. The first-order chi connectivity index (χ1) is 14.2. The van der Waals surface area contributed by atoms with E-state index in [-0.39, 0.29) is 11.9 Å². The number of aryl methyl sites for hydroxylation is 1. The van der Waals surface area contributed by atoms with E-state index >= 15 is 0 Å². The van der Waals surface area contributed by atoms with Crippen LogP contribution in [0.5, 0.6) is 0 Å². The number of hydrogen-bond acceptors (Lipinski definition) is 5. The first-order valence-electron chi connectivity index (χ1n) is 9.72. The Hall–Kier alpha value is -2.38. The molecule has 2 heterocycles. The number of thiophene rings is 1. The van der Waals surface area contributed by atoms with Gasteiger partial charge in [-0.2, -0.15) is 0 Å². The van der Waals surface area contributed by atoms with Crippen LogP contribution in [-0.2, 0) is 11.3 Å². The average Bonchev–Trinajstić information content (AvgIpc) is 3.26. The number of allylic oxidation sites excluding steroid dienone is 1. The molecule has 29 heavy (non-hydrogen) atoms. The number of hydrogen-bond donors (Lipinski definition) is 1. The van der Waals surface area contributed by atoms with E-state index in [2.05, 4.69) is 63.9 Å². The zero-order valence-electron chi connectivity index (χ0n) is 16.4. The third-order valence-corrected chi connectivity index (χ3v) is 6.78. The second kappa shape index (κ2) is 8.97. The molecule has 1 aliphatic rings. The Kier molecular flexibility index (Phi) is 6.16. The van der Waals surface area contributed by atoms with Crippen LogP contribution in [0.4, 0.5) is 0 Å². The summed E-state index contributed by atoms with van der Waals surface area (Å²) in [6.45, 7) is 6.57. The molecule has 0 radical (unpaired) electrons. The summed E-state index contributed by atoms with van der Waals surface area (Å²) >= 11 is 3.08. The summed E-state index contributed by atoms with van der Waals surface area (Å²) in [5.41, 5.74) is 2.29. The van der Waals surface area contributed by atoms with Gasteiger partial charge < -0.3 is 9.88 Å². The molecule has 1 amide bonds. The largest absolute Gasteiger partial charge is 0.344 e. The fourth-order valence-corrected chi connectivity index (χ4v) is 4.79. The van der Waals surface area contributed by atoms with Gasteiger partial charge in [0.15, 0.2) is 5.16 Å². The van der Waals surface area contributed by atoms with Gasteiger partial charge in [0, 0.05) is 17.3 Å². The van der Waals surface area contributed by atoms with E-state index in [0.29, 0.717) is 18.2 Å². The van der Waals surface area contributed by atoms with E-state index in [0.717, 1.165) is 21.4 Å². The van der Waals surface area contributed by atoms with Gasteiger partial charge in [0.25, 0.3) is 0 Å². The molecule has 0 spiro atoms. The minimum atomic E-state index is -0.142. The molecule has 1 fully saturated rings. The van der Waals surface area contributed by atoms with Gasteiger partial charge in [-0.05, 0) is 36.8 Å². The van der Waals surface area contributed by atoms with Gasteiger partial charge in [0.1, 0.15) is 5.82 Å². The Morgan fingerprint density at radius 2 is 2.14 bits per heavy atom. The summed E-state index contributed by atoms with van der Waals surface area (Å²) in [4.78, 5) is 13.9. The Labute approximate surface area is 179 Å². The second-order valence-corrected chi connectivity index (χ2v) is 9.15. The summed E-state index contributed by atoms with van der Waals surface area (Å²) in [5.74, 6) is 1.81. The summed E-state index contributed by atoms with van der Waals surface area (Å²) in [5, 5.41) is 14.7. The van der Waals surface area contributed by atoms with Crippen molar-refractivity contribution in [2.24, 2.45) is 0 Å². The minimum Gasteiger partial charge on any atom is -0.344 e. The molecule has 1 unspecified atom stereocenters. The molecule has 1 aromatic carbocycles. The van der Waals surface area contributed by atoms with E-state index in [1.807, 2.05) is 17.5 Å². The summed E-state index contributed by atoms with van der Waals surface area (Å²) in [7, 11) is 0. The summed E-state index contributed by atoms with van der Waals surface area (Å²) < 4.78 is 2.08. The molecule has 3 aromatic rings. The SMILES string of the molecule is C=CCn1c(SCC(=O)NC(c2ccc(C)cc2)c2cccs2)nnc1C1CC1. The van der Waals surface area contributed by atoms with E-state index in [1.165, 1.54) is 30.2 Å². The fourth-order valence-electron chi connectivity index (χ4n) is 3.22. The highest BCUT2D eigenvalue weighted by Gasteiger charge is 2.30. The number of nitrogens with zero attached hydrogens (tertiary/aromatic N) is 3. The molecule has 150 valence electrons. The first kappa shape index (κ1) is 19.9. The maximum Gasteiger partial charge on any atom is 0.231 e. The Morgan fingerprint density at radius 1 is 1.34 bits per heavy atom. The van der Waals surface area contributed by atoms with Crippen molar-refractivity contribution < 1.29 is 4.79 Å². The number of carbonyl (C=O) groups excluding carboxylic acids is 1. The standard InChI is InChI=1S/C22H24N4OS2/c1-3-12-26-21(17-10-11-17)24-25-22(26)29-14-19(27)23-20(18-5-4-13-28-18)16-8-6-15(2)7-9-16/h3-9,13,17,20H,1,10-12,14H2,2H3,(H,23,27). The normalized spacial score (nSPS) is 14.5. The van der Waals surface area contributed by atoms with Crippen molar-refractivity contribution >= 4 is 29.0 Å². The van der Waals surface area contributed by atoms with Crippen molar-refractivity contribution in [3.63, 3.8) is 0 Å². The molecule has 7 heteroatoms. The van der Waals surface area contributed by atoms with Crippen LogP contribution in [0.25, 0.3) is 0 Å². The molecule has 1 atom stereocenters. The quantitative estimate of drug-likeness (QED) is 0.399. The average molecular weight is 425 g/mol. The molecule has 0 bridgehead atoms. The van der Waals surface area contributed by atoms with Gasteiger partial charge in [0.2, 0.25) is 5.91 Å². The number of carbonyl (C=O) groups is 1. The van der Waals surface area contributed by atoms with Crippen LogP contribution >= 0.6 is 23.1 Å². The number of benzene rings is 1. The molecule has 2 aromatic heterocycles. The van der Waals surface area contributed by atoms with Crippen molar-refractivity contribution in [1.82, 2.24) is 20.1 Å². The maximum absolute atomic E-state index is 12.8. The lowest BCUT2D eigenvalue weighted by Gasteiger charge is -2.18. The summed E-state index contributed by atoms with van der Waals surface area (Å²) in [6.07, 6.45) is 4.18. The Morgan fingerprint density at radius 3 is 2.79 bits per heavy atom. The predicted molar refractivity (Wildman–Crippen MR) is 118 cm³/mol. The fraction of sp³-hybridized carbons (Fsp3) is 0.318. The van der Waals surface area contributed by atoms with Crippen LogP contribution in [0.2, 0.25) is 0 Å². The maximum atomic E-state index is 12.8. The highest BCUT2D eigenvalue weighted by Crippen LogP contribution is 2.40. The lowest BCUT2D eigenvalue weighted by Crippen LogP contribution is -2.30. The zero-order chi connectivity index (χ0) is 20.2. The Balaban J connectivity index is 1.45. The van der Waals surface area contributed by atoms with Gasteiger partial charge >= 0.3 is 0 Å². The highest BCUT2D eigenvalue weighted by atomic mass is 32.2. The third-order valence-electron chi connectivity index (χ3n) is 4.88. The van der Waals surface area contributed by atoms with Crippen molar-refractivity contribution in [3.8, 4) is 0 Å². The van der Waals surface area contributed by atoms with Crippen molar-refractivity contribution in [2.75, 3.05) is 5.75 Å². The lowest BCUT2D eigenvalue weighted by molar-refractivity contribution is -0.119. The third kappa shape index (κ3) is 4.79. The smallest absolute Gasteiger partial charge is 0.231 e. The van der Waals surface area contributed by atoms with Crippen LogP contribution in [-0.4, -0.2) is 26.4 Å². The first-order valence-corrected chi connectivity index (χ1v) is 11.6. The van der Waals surface area contributed by atoms with Gasteiger partial charge in [-0.1, -0.05) is 53.7 Å². The van der Waals surface area contributed by atoms with Crippen LogP contribution in [0.15, 0.2) is 59.6 Å². The van der Waals surface area contributed by atoms with Gasteiger partial charge in [-0.15, -0.1) is 28.1 Å². The molecule has 1 saturated carbocycles. The molecule has 0 saturated heterocycles. The van der Waals surface area contributed by atoms with Crippen LogP contribution in [0.1, 0.15) is 46.6 Å². The van der Waals surface area contributed by atoms with Crippen LogP contribution in [0.3, 0.4) is 0 Å². The molecule has 4 rings (SSSR count). The number of thioether (sulfide) groups is 1. The topological polar surface area (TPSA) is 59.8 Å². The predicted octanol–water partition coefficient (Wildman–Crippen LogP) is 4.71. The van der Waals surface area contributed by atoms with Crippen molar-refractivity contribution in [2.45, 2.75) is 43.4 Å². The number of aromatic nitrogens is 3. The van der Waals surface area contributed by atoms with Crippen LogP contribution < -0.4 is 5.32 Å². The lowest BCUT2D eigenvalue weighted by atomic mass is 10.0. The van der Waals surface area contributed by atoms with Crippen LogP contribution in [0, 0.1) is 6.92 Å². The zero-order valence-corrected chi connectivity index (χ0v) is 18.0. The molecule has 1 N–H and O–H groups in total. The highest BCUT2D eigenvalue weighted by molar-refractivity contribution is 7.99. The molecule has 5 nitrogen and oxygen atoms in total. The van der Waals surface area contributed by atoms with E-state index in [4.69, 9.17) is 0 Å².